The van der Waals surface area contributed by atoms with Crippen LogP contribution < -0.4 is 4.74 Å². The van der Waals surface area contributed by atoms with Crippen LogP contribution in [0.4, 0.5) is 0 Å². The summed E-state index contributed by atoms with van der Waals surface area (Å²) in [5.74, 6) is 0.413. The average molecular weight is 249 g/mol. The molecule has 1 aromatic rings. The number of hydrogen-bond acceptors (Lipinski definition) is 3. The van der Waals surface area contributed by atoms with Gasteiger partial charge in [0.1, 0.15) is 0 Å². The van der Waals surface area contributed by atoms with Gasteiger partial charge in [0.25, 0.3) is 0 Å². The van der Waals surface area contributed by atoms with Crippen LogP contribution in [0, 0.1) is 0 Å². The summed E-state index contributed by atoms with van der Waals surface area (Å²) >= 11 is 5.13. The van der Waals surface area contributed by atoms with Crippen LogP contribution in [0.3, 0.4) is 0 Å². The number of rotatable bonds is 3. The first-order valence-corrected chi connectivity index (χ1v) is 4.26. The van der Waals surface area contributed by atoms with Gasteiger partial charge >= 0.3 is 0 Å². The highest BCUT2D eigenvalue weighted by molar-refractivity contribution is 6.66. The molecule has 0 spiro atoms. The second-order valence-corrected chi connectivity index (χ2v) is 2.94. The molecule has 15 heavy (non-hydrogen) atoms. The lowest BCUT2D eigenvalue weighted by atomic mass is 10.2. The van der Waals surface area contributed by atoms with E-state index in [2.05, 4.69) is 0 Å². The van der Waals surface area contributed by atoms with Crippen molar-refractivity contribution in [3.8, 4) is 11.5 Å². The monoisotopic (exact) mass is 248 g/mol. The molecule has 5 heteroatoms. The molecule has 3 nitrogen and oxygen atoms in total. The van der Waals surface area contributed by atoms with Crippen LogP contribution >= 0.6 is 24.0 Å². The molecule has 0 saturated carbocycles. The lowest BCUT2D eigenvalue weighted by Gasteiger charge is -2.03. The fourth-order valence-corrected chi connectivity index (χ4v) is 1.02. The van der Waals surface area contributed by atoms with Crippen molar-refractivity contribution in [3.05, 3.63) is 29.8 Å². The maximum atomic E-state index is 10.4. The molecule has 0 aliphatic rings. The Bertz CT molecular complexity index is 375. The summed E-state index contributed by atoms with van der Waals surface area (Å²) < 4.78 is 4.89. The third kappa shape index (κ3) is 4.23. The van der Waals surface area contributed by atoms with E-state index in [-0.39, 0.29) is 18.2 Å². The maximum Gasteiger partial charge on any atom is 0.245 e. The summed E-state index contributed by atoms with van der Waals surface area (Å²) in [6.07, 6.45) is 2.77. The summed E-state index contributed by atoms with van der Waals surface area (Å²) in [4.78, 5) is 10.4. The lowest BCUT2D eigenvalue weighted by molar-refractivity contribution is -0.107. The van der Waals surface area contributed by atoms with Crippen molar-refractivity contribution in [2.75, 3.05) is 7.11 Å². The Morgan fingerprint density at radius 3 is 2.73 bits per heavy atom. The highest BCUT2D eigenvalue weighted by atomic mass is 35.5. The van der Waals surface area contributed by atoms with Crippen molar-refractivity contribution in [3.63, 3.8) is 0 Å². The quantitative estimate of drug-likeness (QED) is 0.661. The highest BCUT2D eigenvalue weighted by Crippen LogP contribution is 2.26. The number of ether oxygens (including phenoxy) is 1. The van der Waals surface area contributed by atoms with E-state index in [0.29, 0.717) is 5.75 Å². The Hall–Kier alpha value is -1.19. The van der Waals surface area contributed by atoms with Gasteiger partial charge < -0.3 is 9.84 Å². The molecule has 0 heterocycles. The zero-order chi connectivity index (χ0) is 10.6. The summed E-state index contributed by atoms with van der Waals surface area (Å²) in [7, 11) is 1.45. The first-order chi connectivity index (χ1) is 6.63. The normalized spacial score (nSPS) is 9.73. The van der Waals surface area contributed by atoms with Gasteiger partial charge in [0.15, 0.2) is 11.5 Å². The van der Waals surface area contributed by atoms with Gasteiger partial charge in [0, 0.05) is 0 Å². The second kappa shape index (κ2) is 6.32. The topological polar surface area (TPSA) is 46.5 Å². The Morgan fingerprint density at radius 1 is 1.53 bits per heavy atom. The molecule has 0 aliphatic heterocycles. The fourth-order valence-electron chi connectivity index (χ4n) is 0.960. The summed E-state index contributed by atoms with van der Waals surface area (Å²) in [6, 6.07) is 4.73. The standard InChI is InChI=1S/C10H9ClO3.ClH/c1-14-9-6-7(2-4-8(9)12)3-5-10(11)13;/h2-6,12H,1H3;1H/b5-3+;. The number of aromatic hydroxyl groups is 1. The number of benzene rings is 1. The van der Waals surface area contributed by atoms with Crippen molar-refractivity contribution in [2.45, 2.75) is 0 Å². The Balaban J connectivity index is 0.00000196. The number of phenolic OH excluding ortho intramolecular Hbond substituents is 1. The minimum atomic E-state index is -0.544. The fraction of sp³-hybridized carbons (Fsp3) is 0.100. The molecule has 1 rings (SSSR count). The van der Waals surface area contributed by atoms with Gasteiger partial charge in [-0.1, -0.05) is 12.1 Å². The summed E-state index contributed by atoms with van der Waals surface area (Å²) in [5.41, 5.74) is 0.730. The van der Waals surface area contributed by atoms with E-state index in [1.54, 1.807) is 12.1 Å². The molecule has 0 unspecified atom stereocenters. The van der Waals surface area contributed by atoms with Crippen molar-refractivity contribution in [2.24, 2.45) is 0 Å². The average Bonchev–Trinajstić information content (AvgIpc) is 2.16. The molecule has 0 fully saturated rings. The first kappa shape index (κ1) is 13.8. The molecule has 0 atom stereocenters. The van der Waals surface area contributed by atoms with E-state index in [9.17, 15) is 9.90 Å². The number of allylic oxidation sites excluding steroid dienone is 1. The third-order valence-electron chi connectivity index (χ3n) is 1.61. The highest BCUT2D eigenvalue weighted by Gasteiger charge is 2.00. The molecule has 1 N–H and O–H groups in total. The van der Waals surface area contributed by atoms with E-state index in [1.165, 1.54) is 25.3 Å². The van der Waals surface area contributed by atoms with Crippen LogP contribution in [-0.2, 0) is 4.79 Å². The van der Waals surface area contributed by atoms with Crippen molar-refractivity contribution in [1.29, 1.82) is 0 Å². The molecule has 0 amide bonds. The van der Waals surface area contributed by atoms with Crippen LogP contribution in [0.15, 0.2) is 24.3 Å². The van der Waals surface area contributed by atoms with Crippen molar-refractivity contribution < 1.29 is 14.6 Å². The second-order valence-electron chi connectivity index (χ2n) is 2.57. The van der Waals surface area contributed by atoms with E-state index in [1.807, 2.05) is 0 Å². The molecular formula is C10H10Cl2O3. The zero-order valence-corrected chi connectivity index (χ0v) is 9.51. The van der Waals surface area contributed by atoms with Gasteiger partial charge in [0.05, 0.1) is 7.11 Å². The summed E-state index contributed by atoms with van der Waals surface area (Å²) in [5, 5.41) is 8.73. The Kier molecular flexibility index (Phi) is 5.82. The summed E-state index contributed by atoms with van der Waals surface area (Å²) in [6.45, 7) is 0. The van der Waals surface area contributed by atoms with E-state index < -0.39 is 5.24 Å². The van der Waals surface area contributed by atoms with Crippen molar-refractivity contribution in [1.82, 2.24) is 0 Å². The van der Waals surface area contributed by atoms with Crippen LogP contribution in [-0.4, -0.2) is 17.5 Å². The number of carbonyl (C=O) groups is 1. The van der Waals surface area contributed by atoms with Gasteiger partial charge in [-0.15, -0.1) is 12.4 Å². The predicted molar refractivity (Wildman–Crippen MR) is 61.8 cm³/mol. The van der Waals surface area contributed by atoms with E-state index >= 15 is 0 Å². The van der Waals surface area contributed by atoms with Gasteiger partial charge in [-0.2, -0.15) is 0 Å². The van der Waals surface area contributed by atoms with Gasteiger partial charge in [-0.3, -0.25) is 4.79 Å². The molecule has 0 bridgehead atoms. The van der Waals surface area contributed by atoms with Crippen LogP contribution in [0.1, 0.15) is 5.56 Å². The molecule has 0 aromatic heterocycles. The number of phenols is 1. The largest absolute Gasteiger partial charge is 0.504 e. The third-order valence-corrected chi connectivity index (χ3v) is 1.74. The van der Waals surface area contributed by atoms with Crippen LogP contribution in [0.25, 0.3) is 6.08 Å². The molecule has 1 aromatic carbocycles. The number of carbonyl (C=O) groups excluding carboxylic acids is 1. The number of methoxy groups -OCH3 is 1. The molecule has 82 valence electrons. The van der Waals surface area contributed by atoms with Gasteiger partial charge in [-0.05, 0) is 35.4 Å². The Morgan fingerprint density at radius 2 is 2.20 bits per heavy atom. The smallest absolute Gasteiger partial charge is 0.245 e. The Labute approximate surface area is 98.7 Å². The molecule has 0 aliphatic carbocycles. The molecule has 0 radical (unpaired) electrons. The minimum Gasteiger partial charge on any atom is -0.504 e. The number of hydrogen-bond donors (Lipinski definition) is 1. The minimum absolute atomic E-state index is 0. The predicted octanol–water partition coefficient (Wildman–Crippen LogP) is 2.60. The zero-order valence-electron chi connectivity index (χ0n) is 7.94. The molecular weight excluding hydrogens is 239 g/mol. The maximum absolute atomic E-state index is 10.4. The number of halogens is 2. The lowest BCUT2D eigenvalue weighted by Crippen LogP contribution is -1.84. The van der Waals surface area contributed by atoms with Crippen LogP contribution in [0.5, 0.6) is 11.5 Å². The van der Waals surface area contributed by atoms with Crippen LogP contribution in [0.2, 0.25) is 0 Å². The first-order valence-electron chi connectivity index (χ1n) is 3.88. The van der Waals surface area contributed by atoms with Crippen molar-refractivity contribution >= 4 is 35.3 Å². The van der Waals surface area contributed by atoms with Gasteiger partial charge in [-0.25, -0.2) is 0 Å². The van der Waals surface area contributed by atoms with E-state index in [4.69, 9.17) is 16.3 Å². The molecule has 0 saturated heterocycles. The van der Waals surface area contributed by atoms with Gasteiger partial charge in [0.2, 0.25) is 5.24 Å². The SMILES string of the molecule is COc1cc(/C=C/C(=O)Cl)ccc1O.Cl. The van der Waals surface area contributed by atoms with E-state index in [0.717, 1.165) is 5.56 Å².